The van der Waals surface area contributed by atoms with Gasteiger partial charge in [0.1, 0.15) is 4.88 Å². The number of hydrogen-bond acceptors (Lipinski definition) is 1. The lowest BCUT2D eigenvalue weighted by atomic mass is 10.3. The Morgan fingerprint density at radius 3 is 2.54 bits per heavy atom. The lowest BCUT2D eigenvalue weighted by Gasteiger charge is -2.00. The number of halogens is 3. The van der Waals surface area contributed by atoms with E-state index in [1.165, 1.54) is 6.07 Å². The molecule has 0 spiro atoms. The van der Waals surface area contributed by atoms with Crippen LogP contribution in [0.3, 0.4) is 0 Å². The summed E-state index contributed by atoms with van der Waals surface area (Å²) in [5.41, 5.74) is 0. The molecule has 0 aliphatic carbocycles. The smallest absolute Gasteiger partial charge is 0.165 e. The van der Waals surface area contributed by atoms with Crippen LogP contribution in [0.25, 0.3) is 0 Å². The first-order valence-electron chi connectivity index (χ1n) is 3.63. The minimum atomic E-state index is -4.22. The fraction of sp³-hybridized carbons (Fsp3) is 0.333. The SMILES string of the molecule is C#CCCc1ccc(C(F)(F)F)s1. The largest absolute Gasteiger partial charge is 0.425 e. The second-order valence-electron chi connectivity index (χ2n) is 2.47. The van der Waals surface area contributed by atoms with Crippen molar-refractivity contribution in [1.82, 2.24) is 0 Å². The van der Waals surface area contributed by atoms with Gasteiger partial charge in [0.25, 0.3) is 0 Å². The van der Waals surface area contributed by atoms with Gasteiger partial charge in [-0.25, -0.2) is 0 Å². The van der Waals surface area contributed by atoms with Gasteiger partial charge in [0.2, 0.25) is 0 Å². The molecule has 70 valence electrons. The molecule has 0 saturated heterocycles. The van der Waals surface area contributed by atoms with Crippen molar-refractivity contribution in [3.05, 3.63) is 21.9 Å². The third kappa shape index (κ3) is 2.78. The van der Waals surface area contributed by atoms with Crippen molar-refractivity contribution in [2.24, 2.45) is 0 Å². The molecule has 0 saturated carbocycles. The van der Waals surface area contributed by atoms with Crippen LogP contribution >= 0.6 is 11.3 Å². The molecular weight excluding hydrogens is 197 g/mol. The molecule has 1 aromatic heterocycles. The lowest BCUT2D eigenvalue weighted by Crippen LogP contribution is -2.00. The van der Waals surface area contributed by atoms with Gasteiger partial charge >= 0.3 is 6.18 Å². The van der Waals surface area contributed by atoms with E-state index < -0.39 is 11.1 Å². The maximum Gasteiger partial charge on any atom is 0.425 e. The molecule has 0 aromatic carbocycles. The van der Waals surface area contributed by atoms with E-state index in [2.05, 4.69) is 5.92 Å². The lowest BCUT2D eigenvalue weighted by molar-refractivity contribution is -0.134. The van der Waals surface area contributed by atoms with Crippen LogP contribution in [0.15, 0.2) is 12.1 Å². The quantitative estimate of drug-likeness (QED) is 0.648. The Morgan fingerprint density at radius 2 is 2.08 bits per heavy atom. The second kappa shape index (κ2) is 3.84. The predicted molar refractivity (Wildman–Crippen MR) is 46.5 cm³/mol. The van der Waals surface area contributed by atoms with Crippen LogP contribution in [0.5, 0.6) is 0 Å². The Kier molecular flexibility index (Phi) is 2.99. The van der Waals surface area contributed by atoms with Gasteiger partial charge in [0, 0.05) is 11.3 Å². The minimum absolute atomic E-state index is 0.484. The first-order chi connectivity index (χ1) is 6.04. The molecule has 0 unspecified atom stereocenters. The minimum Gasteiger partial charge on any atom is -0.165 e. The van der Waals surface area contributed by atoms with E-state index in [1.54, 1.807) is 0 Å². The van der Waals surface area contributed by atoms with Crippen LogP contribution in [-0.2, 0) is 12.6 Å². The second-order valence-corrected chi connectivity index (χ2v) is 3.64. The van der Waals surface area contributed by atoms with E-state index in [-0.39, 0.29) is 0 Å². The summed E-state index contributed by atoms with van der Waals surface area (Å²) in [7, 11) is 0. The fourth-order valence-electron chi connectivity index (χ4n) is 0.860. The zero-order chi connectivity index (χ0) is 9.90. The van der Waals surface area contributed by atoms with E-state index >= 15 is 0 Å². The van der Waals surface area contributed by atoms with Crippen LogP contribution in [0.1, 0.15) is 16.2 Å². The molecule has 0 aliphatic rings. The highest BCUT2D eigenvalue weighted by molar-refractivity contribution is 7.12. The zero-order valence-corrected chi connectivity index (χ0v) is 7.50. The number of hydrogen-bond donors (Lipinski definition) is 0. The van der Waals surface area contributed by atoms with Gasteiger partial charge < -0.3 is 0 Å². The van der Waals surface area contributed by atoms with Gasteiger partial charge in [-0.2, -0.15) is 13.2 Å². The van der Waals surface area contributed by atoms with Crippen molar-refractivity contribution in [1.29, 1.82) is 0 Å². The van der Waals surface area contributed by atoms with E-state index in [1.807, 2.05) is 0 Å². The molecule has 0 radical (unpaired) electrons. The van der Waals surface area contributed by atoms with Crippen LogP contribution in [0.2, 0.25) is 0 Å². The van der Waals surface area contributed by atoms with Gasteiger partial charge in [-0.1, -0.05) is 0 Å². The van der Waals surface area contributed by atoms with Crippen molar-refractivity contribution in [3.8, 4) is 12.3 Å². The van der Waals surface area contributed by atoms with Crippen LogP contribution in [0.4, 0.5) is 13.2 Å². The Morgan fingerprint density at radius 1 is 1.38 bits per heavy atom. The third-order valence-corrected chi connectivity index (χ3v) is 2.65. The highest BCUT2D eigenvalue weighted by Crippen LogP contribution is 2.34. The molecule has 1 rings (SSSR count). The Bertz CT molecular complexity index is 316. The molecule has 1 aromatic rings. The highest BCUT2D eigenvalue weighted by atomic mass is 32.1. The Balaban J connectivity index is 2.71. The normalized spacial score (nSPS) is 11.2. The van der Waals surface area contributed by atoms with E-state index in [9.17, 15) is 13.2 Å². The molecule has 0 N–H and O–H groups in total. The average Bonchev–Trinajstić information content (AvgIpc) is 2.47. The van der Waals surface area contributed by atoms with E-state index in [4.69, 9.17) is 6.42 Å². The summed E-state index contributed by atoms with van der Waals surface area (Å²) in [5, 5.41) is 0. The molecule has 0 bridgehead atoms. The number of aryl methyl sites for hydroxylation is 1. The Hall–Kier alpha value is -0.950. The van der Waals surface area contributed by atoms with Crippen molar-refractivity contribution < 1.29 is 13.2 Å². The molecule has 0 amide bonds. The summed E-state index contributed by atoms with van der Waals surface area (Å²) in [6.07, 6.45) is 1.79. The van der Waals surface area contributed by atoms with Crippen LogP contribution in [-0.4, -0.2) is 0 Å². The fourth-order valence-corrected chi connectivity index (χ4v) is 1.73. The first kappa shape index (κ1) is 10.1. The van der Waals surface area contributed by atoms with Crippen LogP contribution < -0.4 is 0 Å². The molecule has 4 heteroatoms. The summed E-state index contributed by atoms with van der Waals surface area (Å²) in [5.74, 6) is 2.39. The topological polar surface area (TPSA) is 0 Å². The van der Waals surface area contributed by atoms with Crippen molar-refractivity contribution >= 4 is 11.3 Å². The summed E-state index contributed by atoms with van der Waals surface area (Å²) in [6.45, 7) is 0. The maximum atomic E-state index is 12.1. The molecule has 1 heterocycles. The van der Waals surface area contributed by atoms with E-state index in [0.717, 1.165) is 17.4 Å². The molecule has 0 aliphatic heterocycles. The predicted octanol–water partition coefficient (Wildman–Crippen LogP) is 3.33. The first-order valence-corrected chi connectivity index (χ1v) is 4.45. The number of alkyl halides is 3. The van der Waals surface area contributed by atoms with Gasteiger partial charge in [0.15, 0.2) is 0 Å². The van der Waals surface area contributed by atoms with Gasteiger partial charge in [-0.3, -0.25) is 0 Å². The summed E-state index contributed by atoms with van der Waals surface area (Å²) >= 11 is 0.759. The summed E-state index contributed by atoms with van der Waals surface area (Å²) in [4.78, 5) is 0.129. The average molecular weight is 204 g/mol. The van der Waals surface area contributed by atoms with E-state index in [0.29, 0.717) is 17.7 Å². The summed E-state index contributed by atoms with van der Waals surface area (Å²) < 4.78 is 36.3. The zero-order valence-electron chi connectivity index (χ0n) is 6.69. The number of thiophene rings is 1. The Labute approximate surface area is 78.4 Å². The van der Waals surface area contributed by atoms with Crippen molar-refractivity contribution in [2.75, 3.05) is 0 Å². The standard InChI is InChI=1S/C9H7F3S/c1-2-3-4-7-5-6-8(13-7)9(10,11)12/h1,5-6H,3-4H2. The maximum absolute atomic E-state index is 12.1. The molecule has 0 fully saturated rings. The highest BCUT2D eigenvalue weighted by Gasteiger charge is 2.32. The van der Waals surface area contributed by atoms with Crippen molar-refractivity contribution in [2.45, 2.75) is 19.0 Å². The third-order valence-electron chi connectivity index (χ3n) is 1.46. The van der Waals surface area contributed by atoms with Crippen LogP contribution in [0, 0.1) is 12.3 Å². The summed E-state index contributed by atoms with van der Waals surface area (Å²) in [6, 6.07) is 2.57. The van der Waals surface area contributed by atoms with Crippen molar-refractivity contribution in [3.63, 3.8) is 0 Å². The molecular formula is C9H7F3S. The van der Waals surface area contributed by atoms with Gasteiger partial charge in [-0.15, -0.1) is 23.7 Å². The molecule has 0 atom stereocenters. The number of terminal acetylenes is 1. The molecule has 13 heavy (non-hydrogen) atoms. The molecule has 0 nitrogen and oxygen atoms in total. The monoisotopic (exact) mass is 204 g/mol. The van der Waals surface area contributed by atoms with Gasteiger partial charge in [0.05, 0.1) is 0 Å². The van der Waals surface area contributed by atoms with Gasteiger partial charge in [-0.05, 0) is 18.6 Å². The number of rotatable bonds is 2.